The third-order valence-corrected chi connectivity index (χ3v) is 6.48. The number of rotatable bonds is 14. The third-order valence-electron chi connectivity index (χ3n) is 6.48. The Balaban J connectivity index is 1.60. The molecule has 0 aliphatic carbocycles. The Morgan fingerprint density at radius 2 is 1.58 bits per heavy atom. The van der Waals surface area contributed by atoms with Crippen LogP contribution < -0.4 is 9.47 Å². The molecule has 2 aromatic carbocycles. The number of aldehydes is 1. The molecule has 7 heteroatoms. The molecule has 0 unspecified atom stereocenters. The van der Waals surface area contributed by atoms with Crippen LogP contribution in [0.2, 0.25) is 0 Å². The zero-order valence-electron chi connectivity index (χ0n) is 21.7. The predicted molar refractivity (Wildman–Crippen MR) is 137 cm³/mol. The summed E-state index contributed by atoms with van der Waals surface area (Å²) in [7, 11) is 0. The molecule has 2 aromatic rings. The van der Waals surface area contributed by atoms with E-state index in [0.717, 1.165) is 12.8 Å². The fraction of sp³-hybridized carbons (Fsp3) is 0.552. The monoisotopic (exact) mass is 502 g/mol. The SMILES string of the molecule is CCCCCCCCOc1ccc(-c2ccc(OCC3(CO)COC(C)(C)OC3)c(C=O)c2)cc1F. The Hall–Kier alpha value is -2.48. The number of unbranched alkanes of at least 4 members (excludes halogenated alkanes) is 5. The van der Waals surface area contributed by atoms with E-state index < -0.39 is 17.0 Å². The maximum atomic E-state index is 14.7. The highest BCUT2D eigenvalue weighted by molar-refractivity contribution is 5.83. The van der Waals surface area contributed by atoms with E-state index in [1.165, 1.54) is 31.7 Å². The zero-order valence-corrected chi connectivity index (χ0v) is 21.7. The second-order valence-electron chi connectivity index (χ2n) is 10.1. The molecular weight excluding hydrogens is 463 g/mol. The standard InChI is InChI=1S/C29H39FO6/c1-4-5-6-7-8-9-14-33-27-13-11-23(16-25(27)30)22-10-12-26(24(15-22)17-31)34-19-29(18-32)20-35-28(2,3)36-21-29/h10-13,15-17,32H,4-9,14,18-21H2,1-3H3. The summed E-state index contributed by atoms with van der Waals surface area (Å²) in [4.78, 5) is 11.8. The number of halogens is 1. The molecule has 0 radical (unpaired) electrons. The number of benzene rings is 2. The number of hydrogen-bond donors (Lipinski definition) is 1. The van der Waals surface area contributed by atoms with Gasteiger partial charge in [-0.15, -0.1) is 0 Å². The highest BCUT2D eigenvalue weighted by atomic mass is 19.1. The van der Waals surface area contributed by atoms with Gasteiger partial charge in [-0.05, 0) is 55.7 Å². The predicted octanol–water partition coefficient (Wildman–Crippen LogP) is 6.18. The van der Waals surface area contributed by atoms with E-state index >= 15 is 0 Å². The molecule has 0 spiro atoms. The number of carbonyl (C=O) groups excluding carboxylic acids is 1. The molecule has 1 fully saturated rings. The van der Waals surface area contributed by atoms with Crippen LogP contribution in [0.1, 0.15) is 69.7 Å². The van der Waals surface area contributed by atoms with Crippen LogP contribution in [0.4, 0.5) is 4.39 Å². The molecule has 1 saturated heterocycles. The van der Waals surface area contributed by atoms with Gasteiger partial charge in [-0.1, -0.05) is 51.2 Å². The van der Waals surface area contributed by atoms with Gasteiger partial charge in [0.2, 0.25) is 0 Å². The maximum Gasteiger partial charge on any atom is 0.165 e. The van der Waals surface area contributed by atoms with Crippen LogP contribution in [0, 0.1) is 11.2 Å². The number of ether oxygens (including phenoxy) is 4. The van der Waals surface area contributed by atoms with Crippen molar-refractivity contribution in [1.82, 2.24) is 0 Å². The molecule has 0 bridgehead atoms. The second-order valence-corrected chi connectivity index (χ2v) is 10.1. The molecule has 1 heterocycles. The first-order valence-electron chi connectivity index (χ1n) is 12.8. The van der Waals surface area contributed by atoms with Crippen molar-refractivity contribution in [3.63, 3.8) is 0 Å². The summed E-state index contributed by atoms with van der Waals surface area (Å²) >= 11 is 0. The second kappa shape index (κ2) is 13.2. The molecule has 3 rings (SSSR count). The smallest absolute Gasteiger partial charge is 0.165 e. The average Bonchev–Trinajstić information content (AvgIpc) is 2.88. The van der Waals surface area contributed by atoms with Crippen LogP contribution in [0.3, 0.4) is 0 Å². The molecule has 1 aliphatic heterocycles. The Kier molecular flexibility index (Phi) is 10.3. The van der Waals surface area contributed by atoms with E-state index in [2.05, 4.69) is 6.92 Å². The van der Waals surface area contributed by atoms with Crippen molar-refractivity contribution >= 4 is 6.29 Å². The summed E-state index contributed by atoms with van der Waals surface area (Å²) in [6, 6.07) is 9.94. The van der Waals surface area contributed by atoms with Crippen molar-refractivity contribution in [1.29, 1.82) is 0 Å². The van der Waals surface area contributed by atoms with Crippen molar-refractivity contribution in [2.24, 2.45) is 5.41 Å². The van der Waals surface area contributed by atoms with Gasteiger partial charge >= 0.3 is 0 Å². The minimum absolute atomic E-state index is 0.124. The molecule has 1 aliphatic rings. The lowest BCUT2D eigenvalue weighted by atomic mass is 9.91. The summed E-state index contributed by atoms with van der Waals surface area (Å²) in [6.45, 7) is 6.81. The van der Waals surface area contributed by atoms with E-state index in [1.807, 2.05) is 13.8 Å². The zero-order chi connectivity index (χ0) is 26.0. The normalized spacial score (nSPS) is 16.5. The number of aliphatic hydroxyl groups excluding tert-OH is 1. The van der Waals surface area contributed by atoms with Gasteiger partial charge in [0.05, 0.1) is 37.4 Å². The molecule has 0 atom stereocenters. The van der Waals surface area contributed by atoms with Gasteiger partial charge in [-0.2, -0.15) is 0 Å². The summed E-state index contributed by atoms with van der Waals surface area (Å²) in [5.74, 6) is -0.530. The van der Waals surface area contributed by atoms with Crippen molar-refractivity contribution in [2.45, 2.75) is 65.1 Å². The molecule has 0 amide bonds. The first-order chi connectivity index (χ1) is 17.3. The van der Waals surface area contributed by atoms with Crippen LogP contribution in [0.15, 0.2) is 36.4 Å². The lowest BCUT2D eigenvalue weighted by molar-refractivity contribution is -0.293. The third kappa shape index (κ3) is 7.76. The molecule has 0 saturated carbocycles. The maximum absolute atomic E-state index is 14.7. The average molecular weight is 503 g/mol. The summed E-state index contributed by atoms with van der Waals surface area (Å²) in [6.07, 6.45) is 7.57. The van der Waals surface area contributed by atoms with Crippen molar-refractivity contribution in [3.8, 4) is 22.6 Å². The molecule has 198 valence electrons. The van der Waals surface area contributed by atoms with Gasteiger partial charge in [0.1, 0.15) is 12.4 Å². The van der Waals surface area contributed by atoms with Crippen LogP contribution >= 0.6 is 0 Å². The summed E-state index contributed by atoms with van der Waals surface area (Å²) in [5.41, 5.74) is 0.941. The van der Waals surface area contributed by atoms with Gasteiger partial charge in [-0.25, -0.2) is 4.39 Å². The number of carbonyl (C=O) groups is 1. The molecule has 1 N–H and O–H groups in total. The van der Waals surface area contributed by atoms with Crippen LogP contribution in [0.5, 0.6) is 11.5 Å². The number of hydrogen-bond acceptors (Lipinski definition) is 6. The first-order valence-corrected chi connectivity index (χ1v) is 12.8. The van der Waals surface area contributed by atoms with Crippen molar-refractivity contribution in [3.05, 3.63) is 47.8 Å². The lowest BCUT2D eigenvalue weighted by Crippen LogP contribution is -2.51. The fourth-order valence-electron chi connectivity index (χ4n) is 4.00. The molecule has 6 nitrogen and oxygen atoms in total. The lowest BCUT2D eigenvalue weighted by Gasteiger charge is -2.42. The fourth-order valence-corrected chi connectivity index (χ4v) is 4.00. The van der Waals surface area contributed by atoms with E-state index in [-0.39, 0.29) is 32.2 Å². The van der Waals surface area contributed by atoms with Gasteiger partial charge in [0.25, 0.3) is 0 Å². The van der Waals surface area contributed by atoms with Crippen molar-refractivity contribution < 1.29 is 33.2 Å². The highest BCUT2D eigenvalue weighted by Crippen LogP contribution is 2.33. The van der Waals surface area contributed by atoms with Crippen molar-refractivity contribution in [2.75, 3.05) is 33.0 Å². The van der Waals surface area contributed by atoms with Gasteiger partial charge in [-0.3, -0.25) is 4.79 Å². The van der Waals surface area contributed by atoms with Gasteiger partial charge < -0.3 is 24.1 Å². The van der Waals surface area contributed by atoms with Crippen LogP contribution in [-0.4, -0.2) is 50.2 Å². The van der Waals surface area contributed by atoms with E-state index in [4.69, 9.17) is 18.9 Å². The minimum Gasteiger partial charge on any atom is -0.492 e. The topological polar surface area (TPSA) is 74.2 Å². The molecule has 0 aromatic heterocycles. The van der Waals surface area contributed by atoms with Crippen LogP contribution in [0.25, 0.3) is 11.1 Å². The first kappa shape index (κ1) is 28.1. The van der Waals surface area contributed by atoms with Crippen LogP contribution in [-0.2, 0) is 9.47 Å². The Morgan fingerprint density at radius 3 is 2.22 bits per heavy atom. The molecule has 36 heavy (non-hydrogen) atoms. The Labute approximate surface area is 213 Å². The Bertz CT molecular complexity index is 980. The van der Waals surface area contributed by atoms with E-state index in [0.29, 0.717) is 35.3 Å². The molecular formula is C29H39FO6. The largest absolute Gasteiger partial charge is 0.492 e. The quantitative estimate of drug-likeness (QED) is 0.245. The number of aliphatic hydroxyl groups is 1. The van der Waals surface area contributed by atoms with E-state index in [1.54, 1.807) is 30.3 Å². The highest BCUT2D eigenvalue weighted by Gasteiger charge is 2.40. The van der Waals surface area contributed by atoms with Gasteiger partial charge in [0.15, 0.2) is 23.6 Å². The van der Waals surface area contributed by atoms with E-state index in [9.17, 15) is 14.3 Å². The minimum atomic E-state index is -0.719. The summed E-state index contributed by atoms with van der Waals surface area (Å²) < 4.78 is 37.6. The Morgan fingerprint density at radius 1 is 0.944 bits per heavy atom. The van der Waals surface area contributed by atoms with Gasteiger partial charge in [0, 0.05) is 0 Å². The summed E-state index contributed by atoms with van der Waals surface area (Å²) in [5, 5.41) is 9.91.